The Bertz CT molecular complexity index is 1120. The van der Waals surface area contributed by atoms with Crippen LogP contribution in [0.1, 0.15) is 16.9 Å². The molecule has 0 atom stereocenters. The molecule has 25 heavy (non-hydrogen) atoms. The average Bonchev–Trinajstić information content (AvgIpc) is 3.25. The molecule has 0 unspecified atom stereocenters. The van der Waals surface area contributed by atoms with Gasteiger partial charge in [0.25, 0.3) is 5.56 Å². The number of furan rings is 1. The summed E-state index contributed by atoms with van der Waals surface area (Å²) in [4.78, 5) is 30.7. The van der Waals surface area contributed by atoms with Crippen LogP contribution < -0.4 is 11.2 Å². The number of hydrogen-bond acceptors (Lipinski definition) is 5. The first-order chi connectivity index (χ1) is 12.1. The zero-order valence-corrected chi connectivity index (χ0v) is 13.0. The van der Waals surface area contributed by atoms with Crippen LogP contribution in [-0.2, 0) is 6.54 Å². The molecular formula is C18H13N3O4. The number of aromatic hydroxyl groups is 1. The second kappa shape index (κ2) is 5.79. The van der Waals surface area contributed by atoms with Crippen LogP contribution in [0.3, 0.4) is 0 Å². The maximum absolute atomic E-state index is 12.2. The molecule has 2 aromatic heterocycles. The average molecular weight is 335 g/mol. The van der Waals surface area contributed by atoms with Gasteiger partial charge in [0.05, 0.1) is 18.5 Å². The summed E-state index contributed by atoms with van der Waals surface area (Å²) >= 11 is 0. The van der Waals surface area contributed by atoms with E-state index in [1.165, 1.54) is 12.3 Å². The van der Waals surface area contributed by atoms with Crippen molar-refractivity contribution in [3.8, 4) is 5.88 Å². The molecule has 0 radical (unpaired) electrons. The van der Waals surface area contributed by atoms with Crippen molar-refractivity contribution in [2.45, 2.75) is 6.54 Å². The predicted molar refractivity (Wildman–Crippen MR) is 93.3 cm³/mol. The van der Waals surface area contributed by atoms with E-state index in [2.05, 4.69) is 9.98 Å². The third kappa shape index (κ3) is 2.61. The molecule has 1 aliphatic rings. The van der Waals surface area contributed by atoms with Crippen molar-refractivity contribution in [2.24, 2.45) is 4.99 Å². The van der Waals surface area contributed by atoms with Crippen molar-refractivity contribution >= 4 is 23.6 Å². The van der Waals surface area contributed by atoms with Crippen LogP contribution in [0.5, 0.6) is 5.88 Å². The Hall–Kier alpha value is -3.61. The van der Waals surface area contributed by atoms with E-state index in [1.54, 1.807) is 18.3 Å². The molecule has 0 aliphatic carbocycles. The first-order valence-corrected chi connectivity index (χ1v) is 7.57. The Morgan fingerprint density at radius 3 is 2.84 bits per heavy atom. The maximum atomic E-state index is 12.2. The maximum Gasteiger partial charge on any atom is 0.331 e. The fourth-order valence-corrected chi connectivity index (χ4v) is 2.72. The summed E-state index contributed by atoms with van der Waals surface area (Å²) < 4.78 is 6.24. The number of aromatic amines is 1. The number of nitrogens with zero attached hydrogens (tertiary/aromatic N) is 2. The van der Waals surface area contributed by atoms with E-state index in [0.29, 0.717) is 11.3 Å². The zero-order chi connectivity index (χ0) is 17.4. The topological polar surface area (TPSA) is 101 Å². The van der Waals surface area contributed by atoms with Crippen molar-refractivity contribution < 1.29 is 9.52 Å². The monoisotopic (exact) mass is 335 g/mol. The minimum Gasteiger partial charge on any atom is -0.494 e. The van der Waals surface area contributed by atoms with Crippen LogP contribution in [-0.4, -0.2) is 20.9 Å². The molecule has 3 aromatic rings. The van der Waals surface area contributed by atoms with Gasteiger partial charge in [-0.2, -0.15) is 0 Å². The summed E-state index contributed by atoms with van der Waals surface area (Å²) in [6, 6.07) is 10.8. The number of aliphatic imine (C=N–C) groups is 1. The molecular weight excluding hydrogens is 322 g/mol. The normalized spacial score (nSPS) is 14.2. The second-order valence-electron chi connectivity index (χ2n) is 5.54. The number of hydrogen-bond donors (Lipinski definition) is 2. The van der Waals surface area contributed by atoms with E-state index in [9.17, 15) is 14.7 Å². The minimum atomic E-state index is -0.707. The lowest BCUT2D eigenvalue weighted by Gasteiger charge is -2.08. The first kappa shape index (κ1) is 14.9. The van der Waals surface area contributed by atoms with E-state index < -0.39 is 17.1 Å². The quantitative estimate of drug-likeness (QED) is 0.766. The molecule has 0 spiro atoms. The smallest absolute Gasteiger partial charge is 0.331 e. The lowest BCUT2D eigenvalue weighted by molar-refractivity contribution is 0.392. The van der Waals surface area contributed by atoms with Crippen LogP contribution in [0, 0.1) is 0 Å². The lowest BCUT2D eigenvalue weighted by atomic mass is 10.1. The molecule has 0 amide bonds. The van der Waals surface area contributed by atoms with Crippen molar-refractivity contribution in [1.82, 2.24) is 9.55 Å². The van der Waals surface area contributed by atoms with E-state index in [-0.39, 0.29) is 12.1 Å². The molecule has 0 fully saturated rings. The highest BCUT2D eigenvalue weighted by Gasteiger charge is 2.17. The van der Waals surface area contributed by atoms with Crippen molar-refractivity contribution in [3.05, 3.63) is 80.4 Å². The van der Waals surface area contributed by atoms with E-state index in [1.807, 2.05) is 24.3 Å². The van der Waals surface area contributed by atoms with Crippen molar-refractivity contribution in [2.75, 3.05) is 0 Å². The molecule has 0 saturated heterocycles. The Kier molecular flexibility index (Phi) is 3.46. The molecule has 0 bridgehead atoms. The van der Waals surface area contributed by atoms with E-state index in [0.717, 1.165) is 15.8 Å². The van der Waals surface area contributed by atoms with Crippen LogP contribution >= 0.6 is 0 Å². The Labute approximate surface area is 141 Å². The summed E-state index contributed by atoms with van der Waals surface area (Å²) in [5.41, 5.74) is 0.938. The molecule has 3 heterocycles. The van der Waals surface area contributed by atoms with Gasteiger partial charge in [0, 0.05) is 17.4 Å². The van der Waals surface area contributed by atoms with Gasteiger partial charge in [-0.1, -0.05) is 18.2 Å². The summed E-state index contributed by atoms with van der Waals surface area (Å²) in [7, 11) is 0. The molecule has 4 rings (SSSR count). The van der Waals surface area contributed by atoms with Gasteiger partial charge in [-0.3, -0.25) is 19.3 Å². The standard InChI is InChI=1S/C18H13N3O4/c22-16-14(8-11-9-19-15-6-2-1-5-13(11)15)17(23)21(18(24)20-16)10-12-4-3-7-25-12/h1-9,23H,10H2,(H,20,22,24)/b11-8+. The van der Waals surface area contributed by atoms with Gasteiger partial charge in [0.15, 0.2) is 0 Å². The number of para-hydroxylation sites is 1. The molecule has 0 saturated carbocycles. The van der Waals surface area contributed by atoms with Crippen LogP contribution in [0.15, 0.2) is 61.7 Å². The fraction of sp³-hybridized carbons (Fsp3) is 0.0556. The third-order valence-corrected chi connectivity index (χ3v) is 3.96. The van der Waals surface area contributed by atoms with E-state index >= 15 is 0 Å². The number of H-pyrrole nitrogens is 1. The first-order valence-electron chi connectivity index (χ1n) is 7.57. The number of fused-ring (bicyclic) bond motifs is 1. The number of rotatable bonds is 3. The van der Waals surface area contributed by atoms with Gasteiger partial charge in [-0.25, -0.2) is 4.79 Å². The molecule has 7 nitrogen and oxygen atoms in total. The van der Waals surface area contributed by atoms with Gasteiger partial charge in [0.1, 0.15) is 11.3 Å². The van der Waals surface area contributed by atoms with Gasteiger partial charge in [-0.15, -0.1) is 0 Å². The zero-order valence-electron chi connectivity index (χ0n) is 13.0. The van der Waals surface area contributed by atoms with Gasteiger partial charge in [-0.05, 0) is 24.3 Å². The minimum absolute atomic E-state index is 0.00922. The summed E-state index contributed by atoms with van der Waals surface area (Å²) in [5, 5.41) is 10.5. The second-order valence-corrected chi connectivity index (χ2v) is 5.54. The number of aromatic nitrogens is 2. The number of allylic oxidation sites excluding steroid dienone is 1. The fourth-order valence-electron chi connectivity index (χ4n) is 2.72. The third-order valence-electron chi connectivity index (χ3n) is 3.96. The van der Waals surface area contributed by atoms with Crippen molar-refractivity contribution in [3.63, 3.8) is 0 Å². The Balaban J connectivity index is 1.84. The van der Waals surface area contributed by atoms with Crippen LogP contribution in [0.4, 0.5) is 5.69 Å². The highest BCUT2D eigenvalue weighted by atomic mass is 16.3. The largest absolute Gasteiger partial charge is 0.494 e. The molecule has 1 aliphatic heterocycles. The Morgan fingerprint density at radius 1 is 1.20 bits per heavy atom. The Morgan fingerprint density at radius 2 is 2.04 bits per heavy atom. The summed E-state index contributed by atoms with van der Waals surface area (Å²) in [6.45, 7) is 0.00922. The van der Waals surface area contributed by atoms with Gasteiger partial charge >= 0.3 is 5.69 Å². The van der Waals surface area contributed by atoms with E-state index in [4.69, 9.17) is 4.42 Å². The SMILES string of the molecule is O=c1[nH]c(=O)n(Cc2ccco2)c(O)c1/C=C1\C=Nc2ccccc21. The highest BCUT2D eigenvalue weighted by Crippen LogP contribution is 2.32. The van der Waals surface area contributed by atoms with Crippen molar-refractivity contribution in [1.29, 1.82) is 0 Å². The molecule has 1 aromatic carbocycles. The van der Waals surface area contributed by atoms with Gasteiger partial charge < -0.3 is 9.52 Å². The summed E-state index contributed by atoms with van der Waals surface area (Å²) in [5.74, 6) is 0.0613. The highest BCUT2D eigenvalue weighted by molar-refractivity contribution is 6.21. The van der Waals surface area contributed by atoms with Gasteiger partial charge in [0.2, 0.25) is 5.88 Å². The molecule has 2 N–H and O–H groups in total. The van der Waals surface area contributed by atoms with Crippen LogP contribution in [0.2, 0.25) is 0 Å². The number of benzene rings is 1. The molecule has 124 valence electrons. The predicted octanol–water partition coefficient (Wildman–Crippen LogP) is 2.14. The number of nitrogens with one attached hydrogen (secondary N) is 1. The van der Waals surface area contributed by atoms with Crippen LogP contribution in [0.25, 0.3) is 11.6 Å². The molecule has 7 heteroatoms. The lowest BCUT2D eigenvalue weighted by Crippen LogP contribution is -2.31. The summed E-state index contributed by atoms with van der Waals surface area (Å²) in [6.07, 6.45) is 4.60.